The molecule has 2 aromatic heterocycles. The zero-order valence-electron chi connectivity index (χ0n) is 14.0. The molecule has 0 bridgehead atoms. The molecule has 3 aromatic rings. The van der Waals surface area contributed by atoms with E-state index in [1.807, 2.05) is 39.1 Å². The molecule has 1 amide bonds. The summed E-state index contributed by atoms with van der Waals surface area (Å²) in [5.74, 6) is 0.273. The highest BCUT2D eigenvalue weighted by Gasteiger charge is 2.19. The Balaban J connectivity index is 2.16. The molecule has 0 radical (unpaired) electrons. The van der Waals surface area contributed by atoms with E-state index in [9.17, 15) is 9.18 Å². The first-order chi connectivity index (χ1) is 11.5. The first kappa shape index (κ1) is 16.2. The molecule has 0 aliphatic rings. The number of amides is 1. The molecule has 1 aromatic carbocycles. The van der Waals surface area contributed by atoms with Gasteiger partial charge in [0, 0.05) is 18.2 Å². The molecule has 24 heavy (non-hydrogen) atoms. The van der Waals surface area contributed by atoms with E-state index in [0.29, 0.717) is 29.1 Å². The lowest BCUT2D eigenvalue weighted by molar-refractivity contribution is -0.116. The van der Waals surface area contributed by atoms with Gasteiger partial charge in [-0.25, -0.2) is 9.37 Å². The van der Waals surface area contributed by atoms with Crippen molar-refractivity contribution >= 4 is 17.4 Å². The van der Waals surface area contributed by atoms with Gasteiger partial charge in [0.2, 0.25) is 5.91 Å². The van der Waals surface area contributed by atoms with Crippen LogP contribution in [0.3, 0.4) is 0 Å². The van der Waals surface area contributed by atoms with Gasteiger partial charge in [-0.2, -0.15) is 0 Å². The van der Waals surface area contributed by atoms with Crippen LogP contribution in [0.2, 0.25) is 0 Å². The quantitative estimate of drug-likeness (QED) is 0.771. The number of nitrogens with one attached hydrogen (secondary N) is 1. The number of benzene rings is 1. The molecule has 2 heterocycles. The average molecular weight is 325 g/mol. The monoisotopic (exact) mass is 325 g/mol. The summed E-state index contributed by atoms with van der Waals surface area (Å²) in [7, 11) is 0. The lowest BCUT2D eigenvalue weighted by Crippen LogP contribution is -2.15. The Labute approximate surface area is 140 Å². The molecule has 4 nitrogen and oxygen atoms in total. The first-order valence-electron chi connectivity index (χ1n) is 7.99. The second kappa shape index (κ2) is 6.43. The maximum Gasteiger partial charge on any atom is 0.225 e. The maximum atomic E-state index is 14.2. The van der Waals surface area contributed by atoms with Crippen LogP contribution in [-0.2, 0) is 4.79 Å². The predicted octanol–water partition coefficient (Wildman–Crippen LogP) is 4.43. The van der Waals surface area contributed by atoms with Crippen molar-refractivity contribution in [2.45, 2.75) is 27.2 Å². The minimum Gasteiger partial charge on any atom is -0.310 e. The third-order valence-corrected chi connectivity index (χ3v) is 3.75. The number of imidazole rings is 1. The molecule has 1 N–H and O–H groups in total. The molecule has 0 saturated carbocycles. The van der Waals surface area contributed by atoms with Crippen LogP contribution in [0.25, 0.3) is 16.9 Å². The molecular formula is C19H20FN3O. The van der Waals surface area contributed by atoms with Crippen molar-refractivity contribution in [1.29, 1.82) is 0 Å². The van der Waals surface area contributed by atoms with Gasteiger partial charge in [0.05, 0.1) is 0 Å². The van der Waals surface area contributed by atoms with Crippen LogP contribution in [0.4, 0.5) is 10.2 Å². The standard InChI is InChI=1S/C19H20FN3O/c1-12(2)10-17(24)22-19-18(14-6-4-5-7-15(14)20)21-16-9-8-13(3)11-23(16)19/h4-9,11-12H,10H2,1-3H3,(H,22,24). The van der Waals surface area contributed by atoms with Gasteiger partial charge in [-0.05, 0) is 36.6 Å². The van der Waals surface area contributed by atoms with E-state index in [1.54, 1.807) is 22.6 Å². The highest BCUT2D eigenvalue weighted by Crippen LogP contribution is 2.31. The van der Waals surface area contributed by atoms with Gasteiger partial charge in [0.1, 0.15) is 23.0 Å². The first-order valence-corrected chi connectivity index (χ1v) is 7.99. The highest BCUT2D eigenvalue weighted by molar-refractivity contribution is 5.94. The minimum atomic E-state index is -0.364. The summed E-state index contributed by atoms with van der Waals surface area (Å²) in [6.07, 6.45) is 2.29. The highest BCUT2D eigenvalue weighted by atomic mass is 19.1. The summed E-state index contributed by atoms with van der Waals surface area (Å²) in [6, 6.07) is 10.3. The van der Waals surface area contributed by atoms with E-state index in [-0.39, 0.29) is 17.6 Å². The molecule has 0 unspecified atom stereocenters. The number of aromatic nitrogens is 2. The Kier molecular flexibility index (Phi) is 4.34. The summed E-state index contributed by atoms with van der Waals surface area (Å²) in [4.78, 5) is 16.8. The Morgan fingerprint density at radius 1 is 1.25 bits per heavy atom. The number of aryl methyl sites for hydroxylation is 1. The third-order valence-electron chi connectivity index (χ3n) is 3.75. The molecule has 0 aliphatic carbocycles. The van der Waals surface area contributed by atoms with Crippen LogP contribution in [0.5, 0.6) is 0 Å². The van der Waals surface area contributed by atoms with Crippen LogP contribution in [0, 0.1) is 18.7 Å². The molecule has 0 spiro atoms. The number of anilines is 1. The van der Waals surface area contributed by atoms with E-state index < -0.39 is 0 Å². The third kappa shape index (κ3) is 3.15. The summed E-state index contributed by atoms with van der Waals surface area (Å²) in [5.41, 5.74) is 2.51. The average Bonchev–Trinajstić information content (AvgIpc) is 2.85. The van der Waals surface area contributed by atoms with Crippen molar-refractivity contribution in [3.8, 4) is 11.3 Å². The second-order valence-electron chi connectivity index (χ2n) is 6.37. The largest absolute Gasteiger partial charge is 0.310 e. The summed E-state index contributed by atoms with van der Waals surface area (Å²) in [6.45, 7) is 5.92. The number of fused-ring (bicyclic) bond motifs is 1. The summed E-state index contributed by atoms with van der Waals surface area (Å²) < 4.78 is 16.0. The predicted molar refractivity (Wildman–Crippen MR) is 93.4 cm³/mol. The van der Waals surface area contributed by atoms with Crippen LogP contribution >= 0.6 is 0 Å². The van der Waals surface area contributed by atoms with E-state index in [1.165, 1.54) is 6.07 Å². The van der Waals surface area contributed by atoms with E-state index >= 15 is 0 Å². The summed E-state index contributed by atoms with van der Waals surface area (Å²) in [5, 5.41) is 2.91. The number of halogens is 1. The SMILES string of the molecule is Cc1ccc2nc(-c3ccccc3F)c(NC(=O)CC(C)C)n2c1. The van der Waals surface area contributed by atoms with Gasteiger partial charge >= 0.3 is 0 Å². The Morgan fingerprint density at radius 2 is 2.00 bits per heavy atom. The number of nitrogens with zero attached hydrogens (tertiary/aromatic N) is 2. The van der Waals surface area contributed by atoms with Crippen molar-refractivity contribution in [3.05, 3.63) is 54.0 Å². The van der Waals surface area contributed by atoms with Gasteiger partial charge in [0.15, 0.2) is 0 Å². The van der Waals surface area contributed by atoms with Gasteiger partial charge in [-0.1, -0.05) is 32.0 Å². The Hall–Kier alpha value is -2.69. The van der Waals surface area contributed by atoms with Crippen molar-refractivity contribution < 1.29 is 9.18 Å². The van der Waals surface area contributed by atoms with E-state index in [2.05, 4.69) is 10.3 Å². The fourth-order valence-corrected chi connectivity index (χ4v) is 2.67. The smallest absolute Gasteiger partial charge is 0.225 e. The van der Waals surface area contributed by atoms with Crippen molar-refractivity contribution in [2.75, 3.05) is 5.32 Å². The van der Waals surface area contributed by atoms with Crippen molar-refractivity contribution in [3.63, 3.8) is 0 Å². The van der Waals surface area contributed by atoms with Crippen molar-refractivity contribution in [2.24, 2.45) is 5.92 Å². The number of hydrogen-bond acceptors (Lipinski definition) is 2. The van der Waals surface area contributed by atoms with E-state index in [0.717, 1.165) is 5.56 Å². The molecule has 0 aliphatic heterocycles. The fraction of sp³-hybridized carbons (Fsp3) is 0.263. The maximum absolute atomic E-state index is 14.2. The van der Waals surface area contributed by atoms with Gasteiger partial charge in [-0.15, -0.1) is 0 Å². The molecular weight excluding hydrogens is 305 g/mol. The van der Waals surface area contributed by atoms with Gasteiger partial charge in [0.25, 0.3) is 0 Å². The molecule has 5 heteroatoms. The summed E-state index contributed by atoms with van der Waals surface area (Å²) >= 11 is 0. The van der Waals surface area contributed by atoms with Crippen LogP contribution in [0.1, 0.15) is 25.8 Å². The number of pyridine rings is 1. The van der Waals surface area contributed by atoms with Crippen LogP contribution in [-0.4, -0.2) is 15.3 Å². The Bertz CT molecular complexity index is 899. The Morgan fingerprint density at radius 3 is 2.71 bits per heavy atom. The zero-order valence-corrected chi connectivity index (χ0v) is 14.0. The fourth-order valence-electron chi connectivity index (χ4n) is 2.67. The lowest BCUT2D eigenvalue weighted by Gasteiger charge is -2.10. The molecule has 3 rings (SSSR count). The molecule has 0 atom stereocenters. The molecule has 124 valence electrons. The minimum absolute atomic E-state index is 0.106. The number of carbonyl (C=O) groups is 1. The number of rotatable bonds is 4. The number of carbonyl (C=O) groups excluding carboxylic acids is 1. The molecule has 0 fully saturated rings. The van der Waals surface area contributed by atoms with Crippen LogP contribution in [0.15, 0.2) is 42.6 Å². The van der Waals surface area contributed by atoms with Gasteiger partial charge < -0.3 is 5.32 Å². The van der Waals surface area contributed by atoms with E-state index in [4.69, 9.17) is 0 Å². The second-order valence-corrected chi connectivity index (χ2v) is 6.37. The van der Waals surface area contributed by atoms with Gasteiger partial charge in [-0.3, -0.25) is 9.20 Å². The normalized spacial score (nSPS) is 11.2. The molecule has 0 saturated heterocycles. The lowest BCUT2D eigenvalue weighted by atomic mass is 10.1. The zero-order chi connectivity index (χ0) is 17.3. The topological polar surface area (TPSA) is 46.4 Å². The van der Waals surface area contributed by atoms with Crippen LogP contribution < -0.4 is 5.32 Å². The number of hydrogen-bond donors (Lipinski definition) is 1. The van der Waals surface area contributed by atoms with Crippen molar-refractivity contribution in [1.82, 2.24) is 9.38 Å².